The summed E-state index contributed by atoms with van der Waals surface area (Å²) in [4.78, 5) is 71.9. The van der Waals surface area contributed by atoms with E-state index in [1.54, 1.807) is 86.6 Å². The average Bonchev–Trinajstić information content (AvgIpc) is 1.14. The first-order chi connectivity index (χ1) is 47.6. The van der Waals surface area contributed by atoms with Crippen molar-refractivity contribution in [3.8, 4) is 40.5 Å². The van der Waals surface area contributed by atoms with E-state index in [2.05, 4.69) is 38.5 Å². The lowest BCUT2D eigenvalue weighted by molar-refractivity contribution is -0.137. The maximum atomic E-state index is 14.0. The van der Waals surface area contributed by atoms with E-state index >= 15 is 0 Å². The third kappa shape index (κ3) is 22.7. The van der Waals surface area contributed by atoms with Crippen molar-refractivity contribution in [1.82, 2.24) is 40.2 Å². The smallest absolute Gasteiger partial charge is 0.405 e. The highest BCUT2D eigenvalue weighted by molar-refractivity contribution is 6.11. The van der Waals surface area contributed by atoms with E-state index in [9.17, 15) is 52.1 Å². The number of urea groups is 1. The van der Waals surface area contributed by atoms with Crippen LogP contribution in [0.2, 0.25) is 0 Å². The molecule has 6 N–H and O–H groups in total. The van der Waals surface area contributed by atoms with E-state index in [0.29, 0.717) is 95.0 Å². The molecule has 0 bridgehead atoms. The molecule has 0 atom stereocenters. The van der Waals surface area contributed by atoms with Crippen LogP contribution >= 0.6 is 0 Å². The van der Waals surface area contributed by atoms with Crippen molar-refractivity contribution in [1.29, 1.82) is 10.5 Å². The van der Waals surface area contributed by atoms with Crippen LogP contribution in [0.15, 0.2) is 148 Å². The van der Waals surface area contributed by atoms with E-state index in [1.807, 2.05) is 0 Å². The molecule has 0 aliphatic carbocycles. The second-order valence-electron chi connectivity index (χ2n) is 21.1. The fraction of sp³-hybridized carbons (Fsp3) is 0.348. The number of nitrogens with zero attached hydrogens (tertiary/aromatic N) is 7. The minimum atomic E-state index is -4.69. The summed E-state index contributed by atoms with van der Waals surface area (Å²) in [5.41, 5.74) is 7.59. The molecule has 29 heteroatoms. The third-order valence-corrected chi connectivity index (χ3v) is 14.4. The molecule has 0 saturated carbocycles. The van der Waals surface area contributed by atoms with Crippen LogP contribution in [0.25, 0.3) is 28.3 Å². The average molecular weight is 1360 g/mol. The fourth-order valence-electron chi connectivity index (χ4n) is 9.61. The van der Waals surface area contributed by atoms with Crippen LogP contribution in [-0.4, -0.2) is 174 Å². The zero-order valence-electron chi connectivity index (χ0n) is 54.1. The molecule has 0 unspecified atom stereocenters. The van der Waals surface area contributed by atoms with Gasteiger partial charge in [-0.25, -0.2) is 18.9 Å². The maximum Gasteiger partial charge on any atom is 0.416 e. The van der Waals surface area contributed by atoms with Crippen molar-refractivity contribution in [3.63, 3.8) is 0 Å². The molecule has 0 aliphatic heterocycles. The van der Waals surface area contributed by atoms with Crippen LogP contribution in [0.4, 0.5) is 28.0 Å². The van der Waals surface area contributed by atoms with Gasteiger partial charge in [-0.3, -0.25) is 28.3 Å². The number of nitrogens with one attached hydrogen (secondary N) is 4. The van der Waals surface area contributed by atoms with Crippen LogP contribution in [0.5, 0.6) is 0 Å². The van der Waals surface area contributed by atoms with Gasteiger partial charge in [0.2, 0.25) is 0 Å². The molecule has 518 valence electrons. The van der Waals surface area contributed by atoms with Crippen molar-refractivity contribution in [3.05, 3.63) is 205 Å². The molecule has 0 fully saturated rings. The lowest BCUT2D eigenvalue weighted by Crippen LogP contribution is -2.39. The maximum absolute atomic E-state index is 14.0. The summed E-state index contributed by atoms with van der Waals surface area (Å²) in [6.45, 7) is 7.07. The topological polar surface area (TPSA) is 321 Å². The van der Waals surface area contributed by atoms with Gasteiger partial charge in [-0.15, -0.1) is 0 Å². The van der Waals surface area contributed by atoms with Crippen molar-refractivity contribution in [2.24, 2.45) is 10.7 Å². The second kappa shape index (κ2) is 39.7. The number of ether oxygens (including phenoxy) is 8. The molecule has 4 amide bonds. The largest absolute Gasteiger partial charge is 0.416 e. The summed E-state index contributed by atoms with van der Waals surface area (Å²) in [7, 11) is 0. The van der Waals surface area contributed by atoms with Crippen molar-refractivity contribution < 1.29 is 69.8 Å². The first-order valence-corrected chi connectivity index (χ1v) is 31.2. The molecule has 7 rings (SSSR count). The monoisotopic (exact) mass is 1360 g/mol. The Kier molecular flexibility index (Phi) is 30.5. The van der Waals surface area contributed by atoms with Crippen molar-refractivity contribution >= 4 is 29.2 Å². The molecule has 0 radical (unpaired) electrons. The Hall–Kier alpha value is -10.2. The van der Waals surface area contributed by atoms with Gasteiger partial charge < -0.3 is 64.9 Å². The fourth-order valence-corrected chi connectivity index (χ4v) is 9.61. The summed E-state index contributed by atoms with van der Waals surface area (Å²) in [6, 6.07) is 31.9. The van der Waals surface area contributed by atoms with Gasteiger partial charge >= 0.3 is 12.2 Å². The summed E-state index contributed by atoms with van der Waals surface area (Å²) in [6.07, 6.45) is -0.384. The zero-order chi connectivity index (χ0) is 70.1. The molecule has 0 saturated heterocycles. The second-order valence-corrected chi connectivity index (χ2v) is 21.1. The lowest BCUT2D eigenvalue weighted by Gasteiger charge is -2.19. The molecule has 0 spiro atoms. The molecule has 0 aliphatic rings. The SMILES string of the molecule is Cc1c(C(C=CN)=Nc2ccc(C#N)cc2)cc(C(=O)NCCOCCOCCOCCOCCNC(=O)NCCOCCOCCOCCOCCNC(=O)c2cc(-c3ccnn3-c3ccc(C#N)cc3)c(C)n(-c3cccc(C(F)(F)F)c3)c2=O)c(=O)n1-c1cccc(CF)c1. The Bertz CT molecular complexity index is 4030. The number of hydrogen-bond donors (Lipinski definition) is 5. The Morgan fingerprint density at radius 1 is 0.551 bits per heavy atom. The number of hydrogen-bond acceptors (Lipinski definition) is 18. The number of nitrogens with two attached hydrogens (primary N) is 1. The number of nitriles is 2. The van der Waals surface area contributed by atoms with Gasteiger partial charge in [0.15, 0.2) is 0 Å². The van der Waals surface area contributed by atoms with Crippen LogP contribution in [0.1, 0.15) is 59.9 Å². The van der Waals surface area contributed by atoms with Crippen molar-refractivity contribution in [2.75, 3.05) is 132 Å². The van der Waals surface area contributed by atoms with Gasteiger partial charge in [-0.2, -0.15) is 28.8 Å². The number of aromatic nitrogens is 4. The summed E-state index contributed by atoms with van der Waals surface area (Å²) >= 11 is 0. The number of alkyl halides is 4. The van der Waals surface area contributed by atoms with E-state index < -0.39 is 41.3 Å². The van der Waals surface area contributed by atoms with Crippen LogP contribution in [-0.2, 0) is 50.7 Å². The van der Waals surface area contributed by atoms with Crippen LogP contribution in [0.3, 0.4) is 0 Å². The van der Waals surface area contributed by atoms with Crippen LogP contribution in [0, 0.1) is 36.5 Å². The van der Waals surface area contributed by atoms with Gasteiger partial charge in [-0.1, -0.05) is 18.2 Å². The summed E-state index contributed by atoms with van der Waals surface area (Å²) in [5, 5.41) is 33.7. The van der Waals surface area contributed by atoms with E-state index in [-0.39, 0.29) is 127 Å². The summed E-state index contributed by atoms with van der Waals surface area (Å²) < 4.78 is 103. The van der Waals surface area contributed by atoms with Crippen LogP contribution < -0.4 is 38.1 Å². The minimum absolute atomic E-state index is 0.000167. The van der Waals surface area contributed by atoms with Gasteiger partial charge in [0, 0.05) is 60.1 Å². The highest BCUT2D eigenvalue weighted by Crippen LogP contribution is 2.32. The third-order valence-electron chi connectivity index (χ3n) is 14.4. The Balaban J connectivity index is 0.672. The highest BCUT2D eigenvalue weighted by Gasteiger charge is 2.31. The van der Waals surface area contributed by atoms with Gasteiger partial charge in [0.1, 0.15) is 17.8 Å². The Morgan fingerprint density at radius 2 is 1.00 bits per heavy atom. The summed E-state index contributed by atoms with van der Waals surface area (Å²) in [5.74, 6) is -1.43. The Labute approximate surface area is 562 Å². The highest BCUT2D eigenvalue weighted by atomic mass is 19.4. The molecule has 25 nitrogen and oxygen atoms in total. The van der Waals surface area contributed by atoms with E-state index in [0.717, 1.165) is 16.7 Å². The standard InChI is InChI=1S/C69H76F4N12O13/c1-48-58(62(17-19-74)82-54-13-9-50(46-75)10-14-54)43-60(66(88)83(48)56-7-3-5-52(41-56)45-70)64(86)77-21-25-91-29-33-95-37-39-97-35-31-93-27-23-79-68(90)80-24-28-94-32-36-98-40-38-96-34-30-92-26-22-78-65(87)61-44-59(63-18-20-81-85(63)55-15-11-51(47-76)12-16-55)49(2)84(67(61)89)57-8-4-6-53(42-57)69(71,72)73/h3-20,41-44H,21-40,45,74H2,1-2H3,(H,77,86)(H,78,87)(H2,79,80,90). The Morgan fingerprint density at radius 3 is 1.48 bits per heavy atom. The number of carbonyl (C=O) groups excluding carboxylic acids is 3. The zero-order valence-corrected chi connectivity index (χ0v) is 54.1. The number of halogens is 4. The minimum Gasteiger partial charge on any atom is -0.405 e. The van der Waals surface area contributed by atoms with Gasteiger partial charge in [0.05, 0.1) is 164 Å². The quantitative estimate of drug-likeness (QED) is 0.0149. The molecular formula is C69H76F4N12O13. The molecule has 98 heavy (non-hydrogen) atoms. The molecule has 4 aromatic carbocycles. The predicted octanol–water partition coefficient (Wildman–Crippen LogP) is 6.87. The first kappa shape index (κ1) is 75.2. The molecule has 7 aromatic rings. The van der Waals surface area contributed by atoms with E-state index in [4.69, 9.17) is 48.6 Å². The number of allylic oxidation sites excluding steroid dienone is 1. The normalized spacial score (nSPS) is 11.6. The van der Waals surface area contributed by atoms with Gasteiger partial charge in [-0.05, 0) is 129 Å². The number of rotatable bonds is 40. The number of amides is 4. The molecular weight excluding hydrogens is 1280 g/mol. The molecule has 3 aromatic heterocycles. The molecule has 3 heterocycles. The lowest BCUT2D eigenvalue weighted by atomic mass is 10.0. The van der Waals surface area contributed by atoms with Gasteiger partial charge in [0.25, 0.3) is 22.9 Å². The predicted molar refractivity (Wildman–Crippen MR) is 354 cm³/mol. The first-order valence-electron chi connectivity index (χ1n) is 31.2. The number of benzene rings is 4. The number of pyridine rings is 2. The van der Waals surface area contributed by atoms with Crippen molar-refractivity contribution in [2.45, 2.75) is 26.7 Å². The number of carbonyl (C=O) groups is 3. The van der Waals surface area contributed by atoms with E-state index in [1.165, 1.54) is 58.1 Å². The number of aliphatic imine (C=N–C) groups is 1.